The lowest BCUT2D eigenvalue weighted by molar-refractivity contribution is -0.122. The molecule has 2 aromatic carbocycles. The average molecular weight is 296 g/mol. The normalized spacial score (nSPS) is 9.55. The zero-order valence-corrected chi connectivity index (χ0v) is 11.7. The van der Waals surface area contributed by atoms with Gasteiger partial charge in [0, 0.05) is 10.6 Å². The van der Waals surface area contributed by atoms with Crippen molar-refractivity contribution in [1.82, 2.24) is 0 Å². The molecule has 0 aliphatic carbocycles. The number of benzene rings is 2. The van der Waals surface area contributed by atoms with Gasteiger partial charge in [0.25, 0.3) is 6.47 Å². The molecule has 106 valence electrons. The van der Waals surface area contributed by atoms with E-state index in [0.29, 0.717) is 16.2 Å². The van der Waals surface area contributed by atoms with Crippen LogP contribution in [0.4, 0.5) is 8.78 Å². The predicted molar refractivity (Wildman–Crippen MR) is 75.8 cm³/mol. The van der Waals surface area contributed by atoms with E-state index in [1.54, 1.807) is 6.92 Å². The Balaban J connectivity index is 0.000000612. The van der Waals surface area contributed by atoms with Gasteiger partial charge in [-0.3, -0.25) is 4.79 Å². The molecule has 0 aliphatic heterocycles. The van der Waals surface area contributed by atoms with Crippen molar-refractivity contribution >= 4 is 18.2 Å². The molecule has 2 aromatic rings. The maximum Gasteiger partial charge on any atom is 0.290 e. The number of carbonyl (C=O) groups is 1. The van der Waals surface area contributed by atoms with Crippen molar-refractivity contribution in [2.75, 3.05) is 0 Å². The molecule has 0 radical (unpaired) electrons. The molecule has 5 heteroatoms. The molecule has 0 amide bonds. The third kappa shape index (κ3) is 5.01. The van der Waals surface area contributed by atoms with E-state index in [1.165, 1.54) is 23.9 Å². The summed E-state index contributed by atoms with van der Waals surface area (Å²) in [7, 11) is 0. The summed E-state index contributed by atoms with van der Waals surface area (Å²) in [5.74, 6) is -0.0764. The number of hydrogen-bond donors (Lipinski definition) is 1. The molecule has 0 heterocycles. The van der Waals surface area contributed by atoms with Crippen LogP contribution in [0.3, 0.4) is 0 Å². The van der Waals surface area contributed by atoms with E-state index in [1.807, 2.05) is 30.3 Å². The van der Waals surface area contributed by atoms with Crippen molar-refractivity contribution in [2.24, 2.45) is 0 Å². The third-order valence-corrected chi connectivity index (χ3v) is 3.51. The molecular formula is C15H14F2O2S. The minimum atomic E-state index is -0.389. The SMILES string of the molecule is Cc1cc(F)cc(SCc2ccccc2)c1F.O=CO. The monoisotopic (exact) mass is 296 g/mol. The number of hydrogen-bond acceptors (Lipinski definition) is 2. The molecule has 0 bridgehead atoms. The number of halogens is 2. The van der Waals surface area contributed by atoms with Crippen LogP contribution < -0.4 is 0 Å². The molecule has 1 N–H and O–H groups in total. The Bertz CT molecular complexity index is 559. The summed E-state index contributed by atoms with van der Waals surface area (Å²) in [6.07, 6.45) is 0. The minimum Gasteiger partial charge on any atom is -0.483 e. The first kappa shape index (κ1) is 16.2. The fraction of sp³-hybridized carbons (Fsp3) is 0.133. The Morgan fingerprint density at radius 1 is 1.20 bits per heavy atom. The first-order valence-electron chi connectivity index (χ1n) is 5.78. The van der Waals surface area contributed by atoms with E-state index < -0.39 is 0 Å². The van der Waals surface area contributed by atoms with Crippen molar-refractivity contribution in [3.8, 4) is 0 Å². The summed E-state index contributed by atoms with van der Waals surface area (Å²) < 4.78 is 26.9. The van der Waals surface area contributed by atoms with Gasteiger partial charge in [0.15, 0.2) is 0 Å². The Hall–Kier alpha value is -1.88. The highest BCUT2D eigenvalue weighted by Gasteiger charge is 2.08. The number of carboxylic acid groups (broad SMARTS) is 1. The molecule has 0 aromatic heterocycles. The van der Waals surface area contributed by atoms with Gasteiger partial charge < -0.3 is 5.11 Å². The molecule has 20 heavy (non-hydrogen) atoms. The van der Waals surface area contributed by atoms with Gasteiger partial charge in [-0.25, -0.2) is 8.78 Å². The van der Waals surface area contributed by atoms with Crippen LogP contribution in [-0.2, 0) is 10.5 Å². The molecule has 0 unspecified atom stereocenters. The third-order valence-electron chi connectivity index (χ3n) is 2.42. The van der Waals surface area contributed by atoms with Crippen LogP contribution in [0.2, 0.25) is 0 Å². The topological polar surface area (TPSA) is 37.3 Å². The van der Waals surface area contributed by atoms with Gasteiger partial charge in [0.2, 0.25) is 0 Å². The summed E-state index contributed by atoms with van der Waals surface area (Å²) in [6, 6.07) is 12.2. The fourth-order valence-corrected chi connectivity index (χ4v) is 2.53. The number of aryl methyl sites for hydroxylation is 1. The van der Waals surface area contributed by atoms with E-state index in [2.05, 4.69) is 0 Å². The minimum absolute atomic E-state index is 0.250. The zero-order chi connectivity index (χ0) is 15.0. The van der Waals surface area contributed by atoms with Gasteiger partial charge >= 0.3 is 0 Å². The summed E-state index contributed by atoms with van der Waals surface area (Å²) in [5, 5.41) is 6.89. The van der Waals surface area contributed by atoms with Gasteiger partial charge in [-0.15, -0.1) is 11.8 Å². The van der Waals surface area contributed by atoms with Gasteiger partial charge in [0.05, 0.1) is 0 Å². The predicted octanol–water partition coefficient (Wildman–Crippen LogP) is 4.27. The van der Waals surface area contributed by atoms with Crippen LogP contribution in [0.5, 0.6) is 0 Å². The van der Waals surface area contributed by atoms with E-state index in [-0.39, 0.29) is 18.1 Å². The van der Waals surface area contributed by atoms with E-state index in [4.69, 9.17) is 9.90 Å². The molecule has 0 fully saturated rings. The van der Waals surface area contributed by atoms with Crippen LogP contribution in [0.25, 0.3) is 0 Å². The van der Waals surface area contributed by atoms with Gasteiger partial charge in [0.1, 0.15) is 11.6 Å². The number of rotatable bonds is 3. The summed E-state index contributed by atoms with van der Waals surface area (Å²) in [5.41, 5.74) is 1.44. The Morgan fingerprint density at radius 2 is 1.80 bits per heavy atom. The van der Waals surface area contributed by atoms with E-state index in [9.17, 15) is 8.78 Å². The van der Waals surface area contributed by atoms with Gasteiger partial charge in [-0.1, -0.05) is 30.3 Å². The Labute approximate surface area is 120 Å². The maximum atomic E-state index is 13.7. The van der Waals surface area contributed by atoms with Crippen LogP contribution in [0.15, 0.2) is 47.4 Å². The summed E-state index contributed by atoms with van der Waals surface area (Å²) >= 11 is 1.31. The first-order valence-corrected chi connectivity index (χ1v) is 6.77. The molecular weight excluding hydrogens is 282 g/mol. The summed E-state index contributed by atoms with van der Waals surface area (Å²) in [6.45, 7) is 1.32. The largest absolute Gasteiger partial charge is 0.483 e. The van der Waals surface area contributed by atoms with Crippen LogP contribution in [0, 0.1) is 18.6 Å². The highest BCUT2D eigenvalue weighted by Crippen LogP contribution is 2.28. The average Bonchev–Trinajstić information content (AvgIpc) is 2.43. The molecule has 2 rings (SSSR count). The van der Waals surface area contributed by atoms with Gasteiger partial charge in [-0.05, 0) is 30.2 Å². The zero-order valence-electron chi connectivity index (χ0n) is 10.8. The fourth-order valence-electron chi connectivity index (χ4n) is 1.54. The van der Waals surface area contributed by atoms with Crippen molar-refractivity contribution in [2.45, 2.75) is 17.6 Å². The molecule has 0 spiro atoms. The lowest BCUT2D eigenvalue weighted by Crippen LogP contribution is -1.90. The van der Waals surface area contributed by atoms with Crippen molar-refractivity contribution in [1.29, 1.82) is 0 Å². The smallest absolute Gasteiger partial charge is 0.290 e. The lowest BCUT2D eigenvalue weighted by atomic mass is 10.2. The molecule has 2 nitrogen and oxygen atoms in total. The lowest BCUT2D eigenvalue weighted by Gasteiger charge is -2.06. The van der Waals surface area contributed by atoms with Crippen LogP contribution >= 0.6 is 11.8 Å². The second-order valence-corrected chi connectivity index (χ2v) is 4.93. The van der Waals surface area contributed by atoms with Gasteiger partial charge in [-0.2, -0.15) is 0 Å². The van der Waals surface area contributed by atoms with Crippen LogP contribution in [-0.4, -0.2) is 11.6 Å². The highest BCUT2D eigenvalue weighted by atomic mass is 32.2. The van der Waals surface area contributed by atoms with Crippen molar-refractivity contribution in [3.05, 3.63) is 65.2 Å². The van der Waals surface area contributed by atoms with E-state index in [0.717, 1.165) is 5.56 Å². The van der Waals surface area contributed by atoms with Crippen molar-refractivity contribution in [3.63, 3.8) is 0 Å². The molecule has 0 aliphatic rings. The van der Waals surface area contributed by atoms with E-state index >= 15 is 0 Å². The molecule has 0 atom stereocenters. The molecule has 0 saturated carbocycles. The Kier molecular flexibility index (Phi) is 6.73. The van der Waals surface area contributed by atoms with Crippen molar-refractivity contribution < 1.29 is 18.7 Å². The quantitative estimate of drug-likeness (QED) is 0.679. The second kappa shape index (κ2) is 8.32. The second-order valence-electron chi connectivity index (χ2n) is 3.91. The maximum absolute atomic E-state index is 13.7. The van der Waals surface area contributed by atoms with Crippen LogP contribution in [0.1, 0.15) is 11.1 Å². The number of thioether (sulfide) groups is 1. The Morgan fingerprint density at radius 3 is 2.40 bits per heavy atom. The standard InChI is InChI=1S/C14H12F2S.CH2O2/c1-10-7-12(15)8-13(14(10)16)17-9-11-5-3-2-4-6-11;2-1-3/h2-8H,9H2,1H3;1H,(H,2,3). The molecule has 0 saturated heterocycles. The first-order chi connectivity index (χ1) is 9.58. The highest BCUT2D eigenvalue weighted by molar-refractivity contribution is 7.98. The summed E-state index contributed by atoms with van der Waals surface area (Å²) in [4.78, 5) is 8.73.